The Morgan fingerprint density at radius 2 is 1.88 bits per heavy atom. The molecule has 0 aromatic heterocycles. The van der Waals surface area contributed by atoms with Crippen LogP contribution in [-0.4, -0.2) is 23.5 Å². The summed E-state index contributed by atoms with van der Waals surface area (Å²) < 4.78 is 0. The number of likely N-dealkylation sites (tertiary alicyclic amines) is 1. The molecule has 2 rings (SSSR count). The highest BCUT2D eigenvalue weighted by Crippen LogP contribution is 2.32. The van der Waals surface area contributed by atoms with Crippen molar-refractivity contribution >= 4 is 0 Å². The molecule has 2 nitrogen and oxygen atoms in total. The van der Waals surface area contributed by atoms with Crippen molar-refractivity contribution in [2.45, 2.75) is 45.3 Å². The molecule has 2 heteroatoms. The van der Waals surface area contributed by atoms with Gasteiger partial charge in [0.15, 0.2) is 0 Å². The van der Waals surface area contributed by atoms with Crippen LogP contribution >= 0.6 is 0 Å². The van der Waals surface area contributed by atoms with Crippen LogP contribution in [0.15, 0.2) is 24.3 Å². The molecule has 1 aromatic carbocycles. The number of nitrogens with two attached hydrogens (primary N) is 1. The normalized spacial score (nSPS) is 26.6. The lowest BCUT2D eigenvalue weighted by Gasteiger charge is -2.30. The van der Waals surface area contributed by atoms with E-state index in [9.17, 15) is 0 Å². The SMILES string of the molecule is Cc1ccc([C@H]2[C@H](N)CCN2C(C)C)cc1. The van der Waals surface area contributed by atoms with E-state index in [1.807, 2.05) is 0 Å². The average Bonchev–Trinajstić information content (AvgIpc) is 2.62. The van der Waals surface area contributed by atoms with Gasteiger partial charge in [-0.15, -0.1) is 0 Å². The van der Waals surface area contributed by atoms with Crippen molar-refractivity contribution in [3.63, 3.8) is 0 Å². The van der Waals surface area contributed by atoms with Crippen LogP contribution in [0.4, 0.5) is 0 Å². The Bertz CT molecular complexity index is 342. The molecule has 1 heterocycles. The Hall–Kier alpha value is -0.860. The molecule has 0 amide bonds. The molecule has 0 bridgehead atoms. The fourth-order valence-corrected chi connectivity index (χ4v) is 2.62. The van der Waals surface area contributed by atoms with Gasteiger partial charge in [-0.3, -0.25) is 4.90 Å². The van der Waals surface area contributed by atoms with Gasteiger partial charge in [0, 0.05) is 18.6 Å². The maximum absolute atomic E-state index is 6.24. The van der Waals surface area contributed by atoms with E-state index in [2.05, 4.69) is 49.9 Å². The molecule has 0 radical (unpaired) electrons. The van der Waals surface area contributed by atoms with Gasteiger partial charge in [0.1, 0.15) is 0 Å². The summed E-state index contributed by atoms with van der Waals surface area (Å²) in [4.78, 5) is 2.51. The first-order valence-corrected chi connectivity index (χ1v) is 6.17. The number of aryl methyl sites for hydroxylation is 1. The maximum atomic E-state index is 6.24. The lowest BCUT2D eigenvalue weighted by molar-refractivity contribution is 0.198. The van der Waals surface area contributed by atoms with E-state index in [1.54, 1.807) is 0 Å². The molecule has 2 N–H and O–H groups in total. The maximum Gasteiger partial charge on any atom is 0.0502 e. The third-order valence-electron chi connectivity index (χ3n) is 3.57. The zero-order valence-electron chi connectivity index (χ0n) is 10.5. The summed E-state index contributed by atoms with van der Waals surface area (Å²) in [6, 6.07) is 10.1. The predicted octanol–water partition coefficient (Wildman–Crippen LogP) is 2.48. The van der Waals surface area contributed by atoms with Gasteiger partial charge in [0.25, 0.3) is 0 Å². The van der Waals surface area contributed by atoms with E-state index in [4.69, 9.17) is 5.73 Å². The Morgan fingerprint density at radius 3 is 2.44 bits per heavy atom. The summed E-state index contributed by atoms with van der Waals surface area (Å²) >= 11 is 0. The lowest BCUT2D eigenvalue weighted by atomic mass is 9.99. The van der Waals surface area contributed by atoms with Crippen LogP contribution in [0.3, 0.4) is 0 Å². The Balaban J connectivity index is 2.26. The molecule has 16 heavy (non-hydrogen) atoms. The van der Waals surface area contributed by atoms with E-state index >= 15 is 0 Å². The molecule has 0 saturated carbocycles. The highest BCUT2D eigenvalue weighted by atomic mass is 15.2. The third-order valence-corrected chi connectivity index (χ3v) is 3.57. The Kier molecular flexibility index (Phi) is 3.31. The Morgan fingerprint density at radius 1 is 1.25 bits per heavy atom. The van der Waals surface area contributed by atoms with E-state index in [1.165, 1.54) is 11.1 Å². The number of benzene rings is 1. The lowest BCUT2D eigenvalue weighted by Crippen LogP contribution is -2.35. The molecule has 1 aromatic rings. The van der Waals surface area contributed by atoms with Crippen molar-refractivity contribution < 1.29 is 0 Å². The second-order valence-corrected chi connectivity index (χ2v) is 5.14. The van der Waals surface area contributed by atoms with Crippen molar-refractivity contribution in [3.05, 3.63) is 35.4 Å². The van der Waals surface area contributed by atoms with Crippen LogP contribution in [0.2, 0.25) is 0 Å². The smallest absolute Gasteiger partial charge is 0.0502 e. The fourth-order valence-electron chi connectivity index (χ4n) is 2.62. The van der Waals surface area contributed by atoms with Gasteiger partial charge in [0.05, 0.1) is 6.04 Å². The van der Waals surface area contributed by atoms with Crippen LogP contribution in [0.5, 0.6) is 0 Å². The number of hydrogen-bond donors (Lipinski definition) is 1. The molecule has 2 atom stereocenters. The highest BCUT2D eigenvalue weighted by molar-refractivity contribution is 5.26. The van der Waals surface area contributed by atoms with E-state index < -0.39 is 0 Å². The minimum absolute atomic E-state index is 0.283. The second-order valence-electron chi connectivity index (χ2n) is 5.14. The van der Waals surface area contributed by atoms with Crippen molar-refractivity contribution in [3.8, 4) is 0 Å². The molecule has 1 aliphatic rings. The standard InChI is InChI=1S/C14H22N2/c1-10(2)16-9-8-13(15)14(16)12-6-4-11(3)5-7-12/h4-7,10,13-14H,8-9,15H2,1-3H3/t13-,14+/m1/s1. The van der Waals surface area contributed by atoms with Gasteiger partial charge < -0.3 is 5.73 Å². The summed E-state index contributed by atoms with van der Waals surface area (Å²) in [6.45, 7) is 7.74. The van der Waals surface area contributed by atoms with Crippen LogP contribution < -0.4 is 5.73 Å². The van der Waals surface area contributed by atoms with Crippen molar-refractivity contribution in [2.75, 3.05) is 6.54 Å². The first-order valence-electron chi connectivity index (χ1n) is 6.17. The number of nitrogens with zero attached hydrogens (tertiary/aromatic N) is 1. The zero-order chi connectivity index (χ0) is 11.7. The summed E-state index contributed by atoms with van der Waals surface area (Å²) in [5.41, 5.74) is 8.91. The average molecular weight is 218 g/mol. The van der Waals surface area contributed by atoms with Crippen molar-refractivity contribution in [2.24, 2.45) is 5.73 Å². The van der Waals surface area contributed by atoms with E-state index in [0.717, 1.165) is 13.0 Å². The zero-order valence-corrected chi connectivity index (χ0v) is 10.5. The fraction of sp³-hybridized carbons (Fsp3) is 0.571. The van der Waals surface area contributed by atoms with Gasteiger partial charge in [-0.05, 0) is 32.8 Å². The minimum atomic E-state index is 0.283. The topological polar surface area (TPSA) is 29.3 Å². The molecule has 1 fully saturated rings. The van der Waals surface area contributed by atoms with Gasteiger partial charge in [-0.1, -0.05) is 29.8 Å². The Labute approximate surface area is 98.4 Å². The van der Waals surface area contributed by atoms with Crippen LogP contribution in [-0.2, 0) is 0 Å². The quantitative estimate of drug-likeness (QED) is 0.826. The first kappa shape index (κ1) is 11.6. The highest BCUT2D eigenvalue weighted by Gasteiger charge is 2.33. The van der Waals surface area contributed by atoms with E-state index in [0.29, 0.717) is 12.1 Å². The summed E-state index contributed by atoms with van der Waals surface area (Å²) in [6.07, 6.45) is 1.11. The number of rotatable bonds is 2. The first-order chi connectivity index (χ1) is 7.59. The van der Waals surface area contributed by atoms with Crippen molar-refractivity contribution in [1.82, 2.24) is 4.90 Å². The van der Waals surface area contributed by atoms with Gasteiger partial charge >= 0.3 is 0 Å². The summed E-state index contributed by atoms with van der Waals surface area (Å²) in [5, 5.41) is 0. The molecule has 1 aliphatic heterocycles. The van der Waals surface area contributed by atoms with Crippen LogP contribution in [0.25, 0.3) is 0 Å². The molecular weight excluding hydrogens is 196 g/mol. The van der Waals surface area contributed by atoms with Gasteiger partial charge in [0.2, 0.25) is 0 Å². The molecule has 0 spiro atoms. The molecule has 0 unspecified atom stereocenters. The van der Waals surface area contributed by atoms with Gasteiger partial charge in [-0.25, -0.2) is 0 Å². The summed E-state index contributed by atoms with van der Waals surface area (Å²) in [7, 11) is 0. The monoisotopic (exact) mass is 218 g/mol. The largest absolute Gasteiger partial charge is 0.326 e. The number of hydrogen-bond acceptors (Lipinski definition) is 2. The van der Waals surface area contributed by atoms with Gasteiger partial charge in [-0.2, -0.15) is 0 Å². The molecule has 1 saturated heterocycles. The molecule has 88 valence electrons. The third kappa shape index (κ3) is 2.13. The van der Waals surface area contributed by atoms with E-state index in [-0.39, 0.29) is 6.04 Å². The molecule has 0 aliphatic carbocycles. The van der Waals surface area contributed by atoms with Crippen LogP contribution in [0, 0.1) is 6.92 Å². The second kappa shape index (κ2) is 4.56. The van der Waals surface area contributed by atoms with Crippen molar-refractivity contribution in [1.29, 1.82) is 0 Å². The molecular formula is C14H22N2. The van der Waals surface area contributed by atoms with Crippen LogP contribution in [0.1, 0.15) is 37.4 Å². The minimum Gasteiger partial charge on any atom is -0.326 e. The summed E-state index contributed by atoms with van der Waals surface area (Å²) in [5.74, 6) is 0. The predicted molar refractivity (Wildman–Crippen MR) is 68.4 cm³/mol.